The third-order valence-corrected chi connectivity index (χ3v) is 2.86. The Hall–Kier alpha value is -0.880. The molecule has 1 rings (SSSR count). The number of benzene rings is 1. The summed E-state index contributed by atoms with van der Waals surface area (Å²) >= 11 is 8.90. The van der Waals surface area contributed by atoms with E-state index in [-0.39, 0.29) is 17.2 Å². The van der Waals surface area contributed by atoms with E-state index in [0.29, 0.717) is 16.5 Å². The summed E-state index contributed by atoms with van der Waals surface area (Å²) in [5.41, 5.74) is 1.01. The Morgan fingerprint density at radius 3 is 2.59 bits per heavy atom. The molecule has 0 radical (unpaired) electrons. The van der Waals surface area contributed by atoms with Gasteiger partial charge < -0.3 is 9.84 Å². The summed E-state index contributed by atoms with van der Waals surface area (Å²) in [5.74, 6) is -1.28. The van der Waals surface area contributed by atoms with Crippen LogP contribution in [0.4, 0.5) is 8.78 Å². The molecule has 0 heterocycles. The molecule has 1 aromatic rings. The van der Waals surface area contributed by atoms with Gasteiger partial charge in [0.15, 0.2) is 0 Å². The molecule has 0 saturated carbocycles. The summed E-state index contributed by atoms with van der Waals surface area (Å²) in [6.45, 7) is -3.00. The van der Waals surface area contributed by atoms with Crippen LogP contribution in [0, 0.1) is 0 Å². The number of carboxylic acid groups (broad SMARTS) is 1. The molecule has 0 aliphatic rings. The summed E-state index contributed by atoms with van der Waals surface area (Å²) in [5, 5.41) is 9.09. The molecule has 94 valence electrons. The van der Waals surface area contributed by atoms with Crippen molar-refractivity contribution in [1.29, 1.82) is 0 Å². The highest BCUT2D eigenvalue weighted by Crippen LogP contribution is 2.31. The maximum atomic E-state index is 12.1. The van der Waals surface area contributed by atoms with Crippen LogP contribution < -0.4 is 4.74 Å². The summed E-state index contributed by atoms with van der Waals surface area (Å²) in [6, 6.07) is 2.63. The van der Waals surface area contributed by atoms with E-state index in [1.54, 1.807) is 0 Å². The average Bonchev–Trinajstić information content (AvgIpc) is 2.21. The number of halogens is 4. The first-order valence-electron chi connectivity index (χ1n) is 4.48. The Kier molecular flexibility index (Phi) is 5.14. The highest BCUT2D eigenvalue weighted by Gasteiger charge is 2.14. The number of hydrogen-bond acceptors (Lipinski definition) is 2. The Morgan fingerprint density at radius 2 is 2.12 bits per heavy atom. The molecule has 1 N–H and O–H groups in total. The molecule has 1 aromatic carbocycles. The Balaban J connectivity index is 3.12. The van der Waals surface area contributed by atoms with Crippen LogP contribution in [0.1, 0.15) is 11.1 Å². The largest absolute Gasteiger partial charge is 0.481 e. The standard InChI is InChI=1S/C10H8BrClF2O3/c11-4-6-1-7(12)8(17-10(13)14)2-5(6)3-9(15)16/h1-2,10H,3-4H2,(H,15,16). The van der Waals surface area contributed by atoms with Gasteiger partial charge in [0.25, 0.3) is 0 Å². The van der Waals surface area contributed by atoms with E-state index >= 15 is 0 Å². The molecule has 0 unspecified atom stereocenters. The Labute approximate surface area is 109 Å². The molecule has 0 aliphatic heterocycles. The monoisotopic (exact) mass is 328 g/mol. The first-order valence-corrected chi connectivity index (χ1v) is 5.98. The van der Waals surface area contributed by atoms with Gasteiger partial charge in [-0.2, -0.15) is 8.78 Å². The summed E-state index contributed by atoms with van der Waals surface area (Å²) in [6.07, 6.45) is -0.280. The number of carbonyl (C=O) groups is 1. The minimum Gasteiger partial charge on any atom is -0.481 e. The maximum absolute atomic E-state index is 12.1. The van der Waals surface area contributed by atoms with Crippen molar-refractivity contribution < 1.29 is 23.4 Å². The van der Waals surface area contributed by atoms with Crippen molar-refractivity contribution in [2.45, 2.75) is 18.4 Å². The SMILES string of the molecule is O=C(O)Cc1cc(OC(F)F)c(Cl)cc1CBr. The van der Waals surface area contributed by atoms with Crippen molar-refractivity contribution in [2.75, 3.05) is 0 Å². The molecular formula is C10H8BrClF2O3. The smallest absolute Gasteiger partial charge is 0.387 e. The molecule has 0 fully saturated rings. The lowest BCUT2D eigenvalue weighted by atomic mass is 10.1. The molecule has 7 heteroatoms. The third kappa shape index (κ3) is 4.12. The van der Waals surface area contributed by atoms with Crippen LogP contribution in [0.2, 0.25) is 5.02 Å². The fraction of sp³-hybridized carbons (Fsp3) is 0.300. The van der Waals surface area contributed by atoms with Gasteiger partial charge >= 0.3 is 12.6 Å². The lowest BCUT2D eigenvalue weighted by Gasteiger charge is -2.11. The van der Waals surface area contributed by atoms with Crippen LogP contribution in [0.3, 0.4) is 0 Å². The normalized spacial score (nSPS) is 10.6. The van der Waals surface area contributed by atoms with E-state index in [2.05, 4.69) is 20.7 Å². The van der Waals surface area contributed by atoms with E-state index in [0.717, 1.165) is 0 Å². The zero-order valence-corrected chi connectivity index (χ0v) is 10.8. The molecule has 0 bridgehead atoms. The Morgan fingerprint density at radius 1 is 1.47 bits per heavy atom. The second-order valence-corrected chi connectivity index (χ2v) is 4.10. The van der Waals surface area contributed by atoms with Gasteiger partial charge in [0, 0.05) is 5.33 Å². The van der Waals surface area contributed by atoms with Crippen molar-refractivity contribution in [3.8, 4) is 5.75 Å². The van der Waals surface area contributed by atoms with Gasteiger partial charge in [0.2, 0.25) is 0 Å². The van der Waals surface area contributed by atoms with Gasteiger partial charge in [-0.05, 0) is 23.3 Å². The van der Waals surface area contributed by atoms with E-state index in [9.17, 15) is 13.6 Å². The third-order valence-electron chi connectivity index (χ3n) is 1.96. The quantitative estimate of drug-likeness (QED) is 0.842. The van der Waals surface area contributed by atoms with Gasteiger partial charge in [-0.15, -0.1) is 0 Å². The summed E-state index contributed by atoms with van der Waals surface area (Å²) in [7, 11) is 0. The average molecular weight is 330 g/mol. The van der Waals surface area contributed by atoms with Crippen LogP contribution in [-0.2, 0) is 16.5 Å². The van der Waals surface area contributed by atoms with Crippen molar-refractivity contribution >= 4 is 33.5 Å². The van der Waals surface area contributed by atoms with Gasteiger partial charge in [-0.1, -0.05) is 27.5 Å². The second-order valence-electron chi connectivity index (χ2n) is 3.13. The molecule has 0 spiro atoms. The van der Waals surface area contributed by atoms with Gasteiger partial charge in [0.1, 0.15) is 5.75 Å². The Bertz CT molecular complexity index is 426. The molecule has 17 heavy (non-hydrogen) atoms. The molecular weight excluding hydrogens is 321 g/mol. The maximum Gasteiger partial charge on any atom is 0.387 e. The number of rotatable bonds is 5. The van der Waals surface area contributed by atoms with Crippen LogP contribution in [-0.4, -0.2) is 17.7 Å². The van der Waals surface area contributed by atoms with Crippen molar-refractivity contribution in [2.24, 2.45) is 0 Å². The summed E-state index contributed by atoms with van der Waals surface area (Å²) < 4.78 is 28.3. The van der Waals surface area contributed by atoms with Crippen molar-refractivity contribution in [1.82, 2.24) is 0 Å². The molecule has 0 atom stereocenters. The van der Waals surface area contributed by atoms with Crippen LogP contribution in [0.15, 0.2) is 12.1 Å². The highest BCUT2D eigenvalue weighted by molar-refractivity contribution is 9.08. The van der Waals surface area contributed by atoms with Crippen molar-refractivity contribution in [3.63, 3.8) is 0 Å². The van der Waals surface area contributed by atoms with E-state index < -0.39 is 12.6 Å². The molecule has 0 aromatic heterocycles. The van der Waals surface area contributed by atoms with Crippen LogP contribution >= 0.6 is 27.5 Å². The number of carboxylic acids is 1. The van der Waals surface area contributed by atoms with E-state index in [1.807, 2.05) is 0 Å². The second kappa shape index (κ2) is 6.16. The first-order chi connectivity index (χ1) is 7.93. The molecule has 3 nitrogen and oxygen atoms in total. The van der Waals surface area contributed by atoms with Crippen LogP contribution in [0.25, 0.3) is 0 Å². The summed E-state index contributed by atoms with van der Waals surface area (Å²) in [4.78, 5) is 10.6. The highest BCUT2D eigenvalue weighted by atomic mass is 79.9. The minimum atomic E-state index is -3.00. The number of aliphatic carboxylic acids is 1. The molecule has 0 amide bonds. The first kappa shape index (κ1) is 14.2. The van der Waals surface area contributed by atoms with Crippen molar-refractivity contribution in [3.05, 3.63) is 28.3 Å². The lowest BCUT2D eigenvalue weighted by molar-refractivity contribution is -0.136. The zero-order valence-electron chi connectivity index (χ0n) is 8.42. The zero-order chi connectivity index (χ0) is 13.0. The number of ether oxygens (including phenoxy) is 1. The molecule has 0 aliphatic carbocycles. The molecule has 0 saturated heterocycles. The fourth-order valence-corrected chi connectivity index (χ4v) is 2.03. The predicted molar refractivity (Wildman–Crippen MR) is 62.1 cm³/mol. The van der Waals surface area contributed by atoms with Gasteiger partial charge in [-0.25, -0.2) is 0 Å². The van der Waals surface area contributed by atoms with Gasteiger partial charge in [-0.3, -0.25) is 4.79 Å². The van der Waals surface area contributed by atoms with E-state index in [1.165, 1.54) is 12.1 Å². The number of hydrogen-bond donors (Lipinski definition) is 1. The minimum absolute atomic E-state index is 0.0221. The van der Waals surface area contributed by atoms with Crippen LogP contribution in [0.5, 0.6) is 5.75 Å². The van der Waals surface area contributed by atoms with E-state index in [4.69, 9.17) is 16.7 Å². The van der Waals surface area contributed by atoms with Gasteiger partial charge in [0.05, 0.1) is 11.4 Å². The fourth-order valence-electron chi connectivity index (χ4n) is 1.27. The number of alkyl halides is 3. The topological polar surface area (TPSA) is 46.5 Å². The predicted octanol–water partition coefficient (Wildman–Crippen LogP) is 3.46. The lowest BCUT2D eigenvalue weighted by Crippen LogP contribution is -2.06.